The molecule has 3 heteroatoms. The number of rotatable bonds is 3. The topological polar surface area (TPSA) is 41.6 Å². The van der Waals surface area contributed by atoms with E-state index in [1.165, 1.54) is 11.3 Å². The van der Waals surface area contributed by atoms with Crippen molar-refractivity contribution >= 4 is 0 Å². The van der Waals surface area contributed by atoms with Crippen molar-refractivity contribution in [2.45, 2.75) is 40.2 Å². The third-order valence-corrected chi connectivity index (χ3v) is 3.40. The molecule has 1 aromatic carbocycles. The maximum absolute atomic E-state index is 8.85. The van der Waals surface area contributed by atoms with Gasteiger partial charge in [0.15, 0.2) is 0 Å². The van der Waals surface area contributed by atoms with Gasteiger partial charge in [-0.2, -0.15) is 10.4 Å². The van der Waals surface area contributed by atoms with Gasteiger partial charge in [-0.15, -0.1) is 0 Å². The van der Waals surface area contributed by atoms with Crippen molar-refractivity contribution in [3.63, 3.8) is 0 Å². The highest BCUT2D eigenvalue weighted by Crippen LogP contribution is 2.27. The Balaban J connectivity index is 2.55. The molecule has 0 spiro atoms. The summed E-state index contributed by atoms with van der Waals surface area (Å²) >= 11 is 0. The van der Waals surface area contributed by atoms with Gasteiger partial charge in [-0.1, -0.05) is 19.1 Å². The summed E-state index contributed by atoms with van der Waals surface area (Å²) in [6.45, 7) is 8.56. The van der Waals surface area contributed by atoms with Crippen LogP contribution in [-0.4, -0.2) is 9.78 Å². The minimum absolute atomic E-state index is 0.359. The van der Waals surface area contributed by atoms with E-state index in [1.807, 2.05) is 24.3 Å². The van der Waals surface area contributed by atoms with Gasteiger partial charge in [-0.05, 0) is 39.3 Å². The fourth-order valence-electron chi connectivity index (χ4n) is 2.41. The summed E-state index contributed by atoms with van der Waals surface area (Å²) in [5, 5.41) is 13.6. The molecule has 0 radical (unpaired) electrons. The Kier molecular flexibility index (Phi) is 3.71. The standard InChI is InChI=1S/C16H19N3/c1-5-15-12(4)19(11(2)3)18-16(15)14-8-6-13(10-17)7-9-14/h6-9,11H,5H2,1-4H3. The minimum atomic E-state index is 0.359. The molecule has 98 valence electrons. The molecule has 0 atom stereocenters. The third kappa shape index (κ3) is 2.39. The quantitative estimate of drug-likeness (QED) is 0.833. The molecule has 0 saturated carbocycles. The number of aromatic nitrogens is 2. The van der Waals surface area contributed by atoms with Crippen molar-refractivity contribution < 1.29 is 0 Å². The van der Waals surface area contributed by atoms with Gasteiger partial charge in [0.2, 0.25) is 0 Å². The number of hydrogen-bond donors (Lipinski definition) is 0. The van der Waals surface area contributed by atoms with Crippen LogP contribution in [-0.2, 0) is 6.42 Å². The van der Waals surface area contributed by atoms with Gasteiger partial charge in [-0.3, -0.25) is 4.68 Å². The molecule has 2 aromatic rings. The Hall–Kier alpha value is -2.08. The van der Waals surface area contributed by atoms with Crippen LogP contribution in [0.5, 0.6) is 0 Å². The average Bonchev–Trinajstić information content (AvgIpc) is 2.76. The summed E-state index contributed by atoms with van der Waals surface area (Å²) < 4.78 is 2.08. The lowest BCUT2D eigenvalue weighted by molar-refractivity contribution is 0.519. The normalized spacial score (nSPS) is 10.7. The van der Waals surface area contributed by atoms with Crippen LogP contribution in [0.1, 0.15) is 43.6 Å². The lowest BCUT2D eigenvalue weighted by Crippen LogP contribution is -2.05. The van der Waals surface area contributed by atoms with Crippen molar-refractivity contribution in [3.8, 4) is 17.3 Å². The minimum Gasteiger partial charge on any atom is -0.266 e. The Morgan fingerprint density at radius 2 is 1.89 bits per heavy atom. The van der Waals surface area contributed by atoms with Crippen LogP contribution in [0.4, 0.5) is 0 Å². The molecular formula is C16H19N3. The van der Waals surface area contributed by atoms with Gasteiger partial charge < -0.3 is 0 Å². The third-order valence-electron chi connectivity index (χ3n) is 3.40. The Morgan fingerprint density at radius 1 is 1.26 bits per heavy atom. The van der Waals surface area contributed by atoms with Crippen molar-refractivity contribution in [3.05, 3.63) is 41.1 Å². The van der Waals surface area contributed by atoms with Gasteiger partial charge in [0.05, 0.1) is 17.3 Å². The lowest BCUT2D eigenvalue weighted by Gasteiger charge is -2.07. The SMILES string of the molecule is CCc1c(-c2ccc(C#N)cc2)nn(C(C)C)c1C. The van der Waals surface area contributed by atoms with E-state index in [-0.39, 0.29) is 0 Å². The molecule has 3 nitrogen and oxygen atoms in total. The average molecular weight is 253 g/mol. The van der Waals surface area contributed by atoms with E-state index in [0.29, 0.717) is 11.6 Å². The maximum atomic E-state index is 8.85. The molecule has 0 aliphatic rings. The molecule has 0 fully saturated rings. The highest BCUT2D eigenvalue weighted by Gasteiger charge is 2.16. The smallest absolute Gasteiger partial charge is 0.0991 e. The molecule has 0 N–H and O–H groups in total. The van der Waals surface area contributed by atoms with Crippen LogP contribution in [0.15, 0.2) is 24.3 Å². The first kappa shape index (κ1) is 13.4. The fourth-order valence-corrected chi connectivity index (χ4v) is 2.41. The monoisotopic (exact) mass is 253 g/mol. The number of hydrogen-bond acceptors (Lipinski definition) is 2. The second-order valence-electron chi connectivity index (χ2n) is 4.99. The molecule has 2 rings (SSSR count). The van der Waals surface area contributed by atoms with E-state index in [2.05, 4.69) is 38.4 Å². The first-order valence-corrected chi connectivity index (χ1v) is 6.67. The largest absolute Gasteiger partial charge is 0.266 e. The Morgan fingerprint density at radius 3 is 2.37 bits per heavy atom. The van der Waals surface area contributed by atoms with Crippen LogP contribution in [0.2, 0.25) is 0 Å². The molecule has 0 saturated heterocycles. The molecule has 0 aliphatic heterocycles. The van der Waals surface area contributed by atoms with Gasteiger partial charge in [0.25, 0.3) is 0 Å². The molecule has 0 bridgehead atoms. The Bertz CT molecular complexity index is 613. The van der Waals surface area contributed by atoms with Crippen LogP contribution in [0.25, 0.3) is 11.3 Å². The van der Waals surface area contributed by atoms with E-state index in [9.17, 15) is 0 Å². The predicted octanol–water partition coefficient (Wildman–Crippen LogP) is 3.87. The summed E-state index contributed by atoms with van der Waals surface area (Å²) in [4.78, 5) is 0. The molecule has 0 aliphatic carbocycles. The summed E-state index contributed by atoms with van der Waals surface area (Å²) in [6, 6.07) is 10.1. The van der Waals surface area contributed by atoms with Gasteiger partial charge in [0, 0.05) is 22.9 Å². The predicted molar refractivity (Wildman–Crippen MR) is 76.9 cm³/mol. The number of benzene rings is 1. The number of nitrogens with zero attached hydrogens (tertiary/aromatic N) is 3. The highest BCUT2D eigenvalue weighted by molar-refractivity contribution is 5.65. The van der Waals surface area contributed by atoms with E-state index >= 15 is 0 Å². The zero-order valence-electron chi connectivity index (χ0n) is 11.9. The summed E-state index contributed by atoms with van der Waals surface area (Å²) in [5.41, 5.74) is 5.33. The first-order chi connectivity index (χ1) is 9.08. The van der Waals surface area contributed by atoms with E-state index in [0.717, 1.165) is 17.7 Å². The molecule has 1 heterocycles. The van der Waals surface area contributed by atoms with E-state index < -0.39 is 0 Å². The zero-order valence-corrected chi connectivity index (χ0v) is 11.9. The second kappa shape index (κ2) is 5.27. The lowest BCUT2D eigenvalue weighted by atomic mass is 10.0. The van der Waals surface area contributed by atoms with E-state index in [1.54, 1.807) is 0 Å². The fraction of sp³-hybridized carbons (Fsp3) is 0.375. The van der Waals surface area contributed by atoms with Crippen molar-refractivity contribution in [2.75, 3.05) is 0 Å². The highest BCUT2D eigenvalue weighted by atomic mass is 15.3. The molecule has 19 heavy (non-hydrogen) atoms. The zero-order chi connectivity index (χ0) is 14.0. The molecule has 0 amide bonds. The van der Waals surface area contributed by atoms with Crippen molar-refractivity contribution in [1.29, 1.82) is 5.26 Å². The number of nitriles is 1. The molecule has 0 unspecified atom stereocenters. The summed E-state index contributed by atoms with van der Waals surface area (Å²) in [5.74, 6) is 0. The maximum Gasteiger partial charge on any atom is 0.0991 e. The first-order valence-electron chi connectivity index (χ1n) is 6.67. The van der Waals surface area contributed by atoms with Crippen LogP contribution < -0.4 is 0 Å². The second-order valence-corrected chi connectivity index (χ2v) is 4.99. The Labute approximate surface area is 114 Å². The summed E-state index contributed by atoms with van der Waals surface area (Å²) in [6.07, 6.45) is 0.966. The van der Waals surface area contributed by atoms with Gasteiger partial charge in [-0.25, -0.2) is 0 Å². The van der Waals surface area contributed by atoms with Crippen LogP contribution in [0.3, 0.4) is 0 Å². The van der Waals surface area contributed by atoms with Crippen LogP contribution in [0, 0.1) is 18.3 Å². The molecular weight excluding hydrogens is 234 g/mol. The van der Waals surface area contributed by atoms with E-state index in [4.69, 9.17) is 10.4 Å². The van der Waals surface area contributed by atoms with Crippen molar-refractivity contribution in [1.82, 2.24) is 9.78 Å². The molecule has 1 aromatic heterocycles. The van der Waals surface area contributed by atoms with Gasteiger partial charge in [0.1, 0.15) is 0 Å². The van der Waals surface area contributed by atoms with Crippen molar-refractivity contribution in [2.24, 2.45) is 0 Å². The van der Waals surface area contributed by atoms with Crippen LogP contribution >= 0.6 is 0 Å². The van der Waals surface area contributed by atoms with Gasteiger partial charge >= 0.3 is 0 Å². The summed E-state index contributed by atoms with van der Waals surface area (Å²) in [7, 11) is 0.